The Bertz CT molecular complexity index is 708. The smallest absolute Gasteiger partial charge is 0.191 e. The molecule has 0 aliphatic heterocycles. The van der Waals surface area contributed by atoms with Crippen molar-refractivity contribution < 1.29 is 4.74 Å². The third-order valence-electron chi connectivity index (χ3n) is 3.75. The average molecular weight is 509 g/mol. The van der Waals surface area contributed by atoms with Gasteiger partial charge in [0.25, 0.3) is 0 Å². The van der Waals surface area contributed by atoms with E-state index in [1.54, 1.807) is 25.5 Å². The first-order chi connectivity index (χ1) is 12.2. The number of aryl methyl sites for hydroxylation is 1. The molecule has 5 nitrogen and oxygen atoms in total. The van der Waals surface area contributed by atoms with Gasteiger partial charge in [-0.05, 0) is 30.5 Å². The van der Waals surface area contributed by atoms with Gasteiger partial charge in [-0.25, -0.2) is 4.98 Å². The molecule has 0 atom stereocenters. The van der Waals surface area contributed by atoms with Crippen LogP contribution in [0.2, 0.25) is 5.02 Å². The van der Waals surface area contributed by atoms with Crippen LogP contribution in [0.3, 0.4) is 0 Å². The molecule has 1 heterocycles. The molecule has 8 heteroatoms. The van der Waals surface area contributed by atoms with Crippen molar-refractivity contribution >= 4 is 52.9 Å². The molecular weight excluding hydrogens is 483 g/mol. The highest BCUT2D eigenvalue weighted by Gasteiger charge is 2.04. The molecule has 0 radical (unpaired) electrons. The van der Waals surface area contributed by atoms with Crippen molar-refractivity contribution in [2.75, 3.05) is 27.2 Å². The van der Waals surface area contributed by atoms with Gasteiger partial charge in [-0.2, -0.15) is 0 Å². The number of benzene rings is 1. The summed E-state index contributed by atoms with van der Waals surface area (Å²) in [4.78, 5) is 10.0. The SMILES string of the molecule is CCc1cnc(CCNC(=NC)NCCc2ccc(OC)cc2Cl)s1.I. The number of aromatic nitrogens is 1. The Balaban J connectivity index is 0.00000338. The summed E-state index contributed by atoms with van der Waals surface area (Å²) in [5.74, 6) is 1.56. The second kappa shape index (κ2) is 12.3. The van der Waals surface area contributed by atoms with Crippen molar-refractivity contribution in [3.05, 3.63) is 44.9 Å². The van der Waals surface area contributed by atoms with Gasteiger partial charge in [0.1, 0.15) is 5.75 Å². The van der Waals surface area contributed by atoms with Crippen molar-refractivity contribution in [2.24, 2.45) is 4.99 Å². The maximum Gasteiger partial charge on any atom is 0.191 e. The average Bonchev–Trinajstić information content (AvgIpc) is 3.09. The predicted molar refractivity (Wildman–Crippen MR) is 122 cm³/mol. The van der Waals surface area contributed by atoms with Gasteiger partial charge in [0, 0.05) is 42.7 Å². The molecule has 144 valence electrons. The van der Waals surface area contributed by atoms with Gasteiger partial charge in [0.15, 0.2) is 5.96 Å². The van der Waals surface area contributed by atoms with Gasteiger partial charge in [0.05, 0.1) is 12.1 Å². The van der Waals surface area contributed by atoms with Gasteiger partial charge < -0.3 is 15.4 Å². The number of thiazole rings is 1. The Kier molecular flexibility index (Phi) is 10.9. The molecule has 2 rings (SSSR count). The molecule has 1 aromatic heterocycles. The first-order valence-electron chi connectivity index (χ1n) is 8.36. The van der Waals surface area contributed by atoms with E-state index in [0.29, 0.717) is 0 Å². The van der Waals surface area contributed by atoms with Crippen LogP contribution >= 0.6 is 46.9 Å². The number of aliphatic imine (C=N–C) groups is 1. The first-order valence-corrected chi connectivity index (χ1v) is 9.56. The van der Waals surface area contributed by atoms with E-state index in [0.717, 1.165) is 59.7 Å². The zero-order valence-electron chi connectivity index (χ0n) is 15.3. The molecule has 0 saturated heterocycles. The number of hydrogen-bond acceptors (Lipinski definition) is 4. The summed E-state index contributed by atoms with van der Waals surface area (Å²) in [6, 6.07) is 5.75. The van der Waals surface area contributed by atoms with Gasteiger partial charge in [-0.15, -0.1) is 35.3 Å². The van der Waals surface area contributed by atoms with Crippen LogP contribution in [0.4, 0.5) is 0 Å². The molecule has 0 aliphatic rings. The van der Waals surface area contributed by atoms with Crippen molar-refractivity contribution in [3.8, 4) is 5.75 Å². The quantitative estimate of drug-likeness (QED) is 0.322. The normalized spacial score (nSPS) is 11.0. The van der Waals surface area contributed by atoms with Crippen LogP contribution in [-0.2, 0) is 19.3 Å². The van der Waals surface area contributed by atoms with Crippen LogP contribution < -0.4 is 15.4 Å². The third-order valence-corrected chi connectivity index (χ3v) is 5.31. The fourth-order valence-electron chi connectivity index (χ4n) is 2.31. The van der Waals surface area contributed by atoms with E-state index in [1.165, 1.54) is 4.88 Å². The summed E-state index contributed by atoms with van der Waals surface area (Å²) in [5, 5.41) is 8.50. The highest BCUT2D eigenvalue weighted by molar-refractivity contribution is 14.0. The lowest BCUT2D eigenvalue weighted by molar-refractivity contribution is 0.414. The summed E-state index contributed by atoms with van der Waals surface area (Å²) in [7, 11) is 3.41. The zero-order chi connectivity index (χ0) is 18.1. The van der Waals surface area contributed by atoms with Gasteiger partial charge in [-0.1, -0.05) is 24.6 Å². The summed E-state index contributed by atoms with van der Waals surface area (Å²) in [6.45, 7) is 3.71. The molecule has 26 heavy (non-hydrogen) atoms. The van der Waals surface area contributed by atoms with Crippen LogP contribution in [0.5, 0.6) is 5.75 Å². The molecule has 2 aromatic rings. The van der Waals surface area contributed by atoms with E-state index in [1.807, 2.05) is 24.4 Å². The molecule has 0 amide bonds. The zero-order valence-corrected chi connectivity index (χ0v) is 19.2. The fraction of sp³-hybridized carbons (Fsp3) is 0.444. The summed E-state index contributed by atoms with van der Waals surface area (Å²) >= 11 is 8.04. The Labute approximate surface area is 181 Å². The number of halogens is 2. The van der Waals surface area contributed by atoms with E-state index in [9.17, 15) is 0 Å². The molecule has 0 spiro atoms. The Morgan fingerprint density at radius 2 is 2.00 bits per heavy atom. The van der Waals surface area contributed by atoms with Crippen LogP contribution in [0.15, 0.2) is 29.4 Å². The number of nitrogens with zero attached hydrogens (tertiary/aromatic N) is 2. The lowest BCUT2D eigenvalue weighted by Gasteiger charge is -2.12. The highest BCUT2D eigenvalue weighted by Crippen LogP contribution is 2.22. The first kappa shape index (κ1) is 23.0. The van der Waals surface area contributed by atoms with E-state index in [4.69, 9.17) is 16.3 Å². The lowest BCUT2D eigenvalue weighted by Crippen LogP contribution is -2.39. The Hall–Kier alpha value is -1.06. The van der Waals surface area contributed by atoms with Crippen LogP contribution in [0, 0.1) is 0 Å². The summed E-state index contributed by atoms with van der Waals surface area (Å²) in [5.41, 5.74) is 1.08. The second-order valence-electron chi connectivity index (χ2n) is 5.46. The van der Waals surface area contributed by atoms with Crippen LogP contribution in [-0.4, -0.2) is 38.2 Å². The number of nitrogens with one attached hydrogen (secondary N) is 2. The Morgan fingerprint density at radius 1 is 1.27 bits per heavy atom. The standard InChI is InChI=1S/C18H25ClN4OS.HI/c1-4-15-12-23-17(25-15)8-10-22-18(20-2)21-9-7-13-5-6-14(24-3)11-16(13)19;/h5-6,11-12H,4,7-10H2,1-3H3,(H2,20,21,22);1H. The molecular formula is C18H26ClIN4OS. The third kappa shape index (κ3) is 7.28. The van der Waals surface area contributed by atoms with Gasteiger partial charge in [0.2, 0.25) is 0 Å². The number of methoxy groups -OCH3 is 1. The number of rotatable bonds is 8. The Morgan fingerprint density at radius 3 is 2.58 bits per heavy atom. The van der Waals surface area contributed by atoms with Gasteiger partial charge >= 0.3 is 0 Å². The van der Waals surface area contributed by atoms with Crippen molar-refractivity contribution in [2.45, 2.75) is 26.2 Å². The molecule has 1 aromatic carbocycles. The maximum atomic E-state index is 6.26. The largest absolute Gasteiger partial charge is 0.497 e. The monoisotopic (exact) mass is 508 g/mol. The van der Waals surface area contributed by atoms with E-state index < -0.39 is 0 Å². The molecule has 0 aliphatic carbocycles. The number of hydrogen-bond donors (Lipinski definition) is 2. The summed E-state index contributed by atoms with van der Waals surface area (Å²) in [6.07, 6.45) is 4.72. The fourth-order valence-corrected chi connectivity index (χ4v) is 3.44. The molecule has 0 fully saturated rings. The van der Waals surface area contributed by atoms with Crippen molar-refractivity contribution in [1.29, 1.82) is 0 Å². The predicted octanol–water partition coefficient (Wildman–Crippen LogP) is 3.94. The molecule has 0 saturated carbocycles. The van der Waals surface area contributed by atoms with Crippen molar-refractivity contribution in [3.63, 3.8) is 0 Å². The van der Waals surface area contributed by atoms with Crippen LogP contribution in [0.1, 0.15) is 22.4 Å². The molecule has 0 unspecified atom stereocenters. The maximum absolute atomic E-state index is 6.26. The lowest BCUT2D eigenvalue weighted by atomic mass is 10.1. The minimum Gasteiger partial charge on any atom is -0.497 e. The van der Waals surface area contributed by atoms with E-state index >= 15 is 0 Å². The van der Waals surface area contributed by atoms with Crippen LogP contribution in [0.25, 0.3) is 0 Å². The van der Waals surface area contributed by atoms with E-state index in [-0.39, 0.29) is 24.0 Å². The number of ether oxygens (including phenoxy) is 1. The topological polar surface area (TPSA) is 58.5 Å². The number of guanidine groups is 1. The van der Waals surface area contributed by atoms with Crippen molar-refractivity contribution in [1.82, 2.24) is 15.6 Å². The molecule has 2 N–H and O–H groups in total. The highest BCUT2D eigenvalue weighted by atomic mass is 127. The summed E-state index contributed by atoms with van der Waals surface area (Å²) < 4.78 is 5.17. The van der Waals surface area contributed by atoms with Gasteiger partial charge in [-0.3, -0.25) is 4.99 Å². The second-order valence-corrected chi connectivity index (χ2v) is 7.06. The minimum atomic E-state index is 0. The minimum absolute atomic E-state index is 0. The van der Waals surface area contributed by atoms with E-state index in [2.05, 4.69) is 27.5 Å². The molecule has 0 bridgehead atoms.